The van der Waals surface area contributed by atoms with Crippen LogP contribution in [0.5, 0.6) is 0 Å². The first-order valence-corrected chi connectivity index (χ1v) is 8.78. The molecule has 3 heterocycles. The molecule has 0 aliphatic carbocycles. The highest BCUT2D eigenvalue weighted by Gasteiger charge is 2.60. The van der Waals surface area contributed by atoms with Gasteiger partial charge in [-0.3, -0.25) is 25.1 Å². The number of hydrogen-bond donors (Lipinski definition) is 2. The minimum atomic E-state index is -1.36. The molecule has 3 aliphatic rings. The van der Waals surface area contributed by atoms with Crippen LogP contribution in [0.25, 0.3) is 0 Å². The second-order valence-corrected chi connectivity index (χ2v) is 7.13. The number of anilines is 1. The number of amides is 4. The van der Waals surface area contributed by atoms with Crippen LogP contribution in [-0.2, 0) is 16.0 Å². The van der Waals surface area contributed by atoms with E-state index < -0.39 is 23.3 Å². The number of nitrogens with one attached hydrogen (secondary N) is 2. The molecule has 0 unspecified atom stereocenters. The maximum Gasteiger partial charge on any atom is 0.328 e. The van der Waals surface area contributed by atoms with Gasteiger partial charge in [0.15, 0.2) is 5.41 Å². The van der Waals surface area contributed by atoms with Gasteiger partial charge in [-0.15, -0.1) is 0 Å². The van der Waals surface area contributed by atoms with Crippen LogP contribution >= 0.6 is 11.6 Å². The lowest BCUT2D eigenvalue weighted by Gasteiger charge is -2.54. The lowest BCUT2D eigenvalue weighted by atomic mass is 9.68. The summed E-state index contributed by atoms with van der Waals surface area (Å²) in [6.07, 6.45) is 0.186. The fraction of sp³-hybridized carbons (Fsp3) is 0.471. The average molecular weight is 363 g/mol. The van der Waals surface area contributed by atoms with E-state index in [0.29, 0.717) is 18.1 Å². The van der Waals surface area contributed by atoms with Crippen molar-refractivity contribution < 1.29 is 14.4 Å². The SMILES string of the molecule is CCN1CCN2c3cccc(Cl)c3CC3(C(=O)NC(=O)NC3=O)[C@H]2C1. The van der Waals surface area contributed by atoms with Gasteiger partial charge in [0.25, 0.3) is 0 Å². The Morgan fingerprint density at radius 1 is 1.20 bits per heavy atom. The van der Waals surface area contributed by atoms with Crippen LogP contribution in [0.4, 0.5) is 10.5 Å². The molecule has 3 aliphatic heterocycles. The highest BCUT2D eigenvalue weighted by Crippen LogP contribution is 2.46. The van der Waals surface area contributed by atoms with Gasteiger partial charge in [0.05, 0.1) is 6.04 Å². The third-order valence-corrected chi connectivity index (χ3v) is 5.96. The number of fused-ring (bicyclic) bond motifs is 4. The van der Waals surface area contributed by atoms with E-state index >= 15 is 0 Å². The van der Waals surface area contributed by atoms with Crippen molar-refractivity contribution in [1.29, 1.82) is 0 Å². The first kappa shape index (κ1) is 16.4. The maximum atomic E-state index is 12.9. The predicted octanol–water partition coefficient (Wildman–Crippen LogP) is 0.759. The van der Waals surface area contributed by atoms with Gasteiger partial charge in [-0.2, -0.15) is 0 Å². The number of rotatable bonds is 1. The highest BCUT2D eigenvalue weighted by atomic mass is 35.5. The Bertz CT molecular complexity index is 761. The number of urea groups is 1. The minimum absolute atomic E-state index is 0.186. The molecule has 4 rings (SSSR count). The number of nitrogens with zero attached hydrogens (tertiary/aromatic N) is 2. The van der Waals surface area contributed by atoms with E-state index in [9.17, 15) is 14.4 Å². The molecule has 1 atom stereocenters. The van der Waals surface area contributed by atoms with Crippen molar-refractivity contribution in [3.05, 3.63) is 28.8 Å². The second-order valence-electron chi connectivity index (χ2n) is 6.73. The second kappa shape index (κ2) is 5.71. The zero-order valence-corrected chi connectivity index (χ0v) is 14.6. The summed E-state index contributed by atoms with van der Waals surface area (Å²) in [4.78, 5) is 41.7. The number of barbiturate groups is 1. The van der Waals surface area contributed by atoms with Crippen LogP contribution in [0.3, 0.4) is 0 Å². The Balaban J connectivity index is 1.88. The number of hydrogen-bond acceptors (Lipinski definition) is 5. The van der Waals surface area contributed by atoms with E-state index in [-0.39, 0.29) is 12.5 Å². The smallest absolute Gasteiger partial charge is 0.328 e. The zero-order valence-electron chi connectivity index (χ0n) is 13.8. The van der Waals surface area contributed by atoms with Crippen molar-refractivity contribution in [3.63, 3.8) is 0 Å². The van der Waals surface area contributed by atoms with Gasteiger partial charge in [0.1, 0.15) is 0 Å². The van der Waals surface area contributed by atoms with Crippen molar-refractivity contribution in [1.82, 2.24) is 15.5 Å². The van der Waals surface area contributed by atoms with E-state index in [1.807, 2.05) is 12.1 Å². The highest BCUT2D eigenvalue weighted by molar-refractivity contribution is 6.32. The lowest BCUT2D eigenvalue weighted by Crippen LogP contribution is -2.74. The summed E-state index contributed by atoms with van der Waals surface area (Å²) in [5, 5.41) is 5.11. The number of likely N-dealkylation sites (N-methyl/N-ethyl adjacent to an activating group) is 1. The number of imide groups is 2. The van der Waals surface area contributed by atoms with Crippen LogP contribution in [0, 0.1) is 5.41 Å². The van der Waals surface area contributed by atoms with Crippen molar-refractivity contribution in [3.8, 4) is 0 Å². The Hall–Kier alpha value is -2.12. The third kappa shape index (κ3) is 2.26. The average Bonchev–Trinajstić information content (AvgIpc) is 2.59. The third-order valence-electron chi connectivity index (χ3n) is 5.60. The minimum Gasteiger partial charge on any atom is -0.364 e. The Kier molecular flexibility index (Phi) is 3.73. The summed E-state index contributed by atoms with van der Waals surface area (Å²) >= 11 is 6.39. The van der Waals surface area contributed by atoms with E-state index in [4.69, 9.17) is 11.6 Å². The van der Waals surface area contributed by atoms with Crippen LogP contribution in [0.2, 0.25) is 5.02 Å². The summed E-state index contributed by atoms with van der Waals surface area (Å²) in [5.74, 6) is -1.08. The fourth-order valence-electron chi connectivity index (χ4n) is 4.25. The fourth-order valence-corrected chi connectivity index (χ4v) is 4.49. The number of halogens is 1. The standard InChI is InChI=1S/C17H19ClN4O3/c1-2-21-6-7-22-12-5-3-4-11(18)10(12)8-17(13(22)9-21)14(23)19-16(25)20-15(17)24/h3-5,13H,2,6-9H2,1H3,(H2,19,20,23,24,25)/t13-/m1/s1. The van der Waals surface area contributed by atoms with Crippen LogP contribution in [0.1, 0.15) is 12.5 Å². The molecule has 0 radical (unpaired) electrons. The molecule has 2 N–H and O–H groups in total. The van der Waals surface area contributed by atoms with Gasteiger partial charge >= 0.3 is 6.03 Å². The largest absolute Gasteiger partial charge is 0.364 e. The molecule has 0 saturated carbocycles. The summed E-state index contributed by atoms with van der Waals surface area (Å²) in [5.41, 5.74) is 0.390. The molecular weight excluding hydrogens is 344 g/mol. The van der Waals surface area contributed by atoms with Crippen LogP contribution in [-0.4, -0.2) is 55.0 Å². The summed E-state index contributed by atoms with van der Waals surface area (Å²) in [6, 6.07) is 4.51. The molecular formula is C17H19ClN4O3. The molecule has 2 fully saturated rings. The maximum absolute atomic E-state index is 12.9. The summed E-state index contributed by atoms with van der Waals surface area (Å²) < 4.78 is 0. The number of piperazine rings is 1. The Morgan fingerprint density at radius 3 is 2.60 bits per heavy atom. The molecule has 132 valence electrons. The normalized spacial score (nSPS) is 25.3. The van der Waals surface area contributed by atoms with Gasteiger partial charge in [0, 0.05) is 36.8 Å². The van der Waals surface area contributed by atoms with Crippen LogP contribution in [0.15, 0.2) is 18.2 Å². The van der Waals surface area contributed by atoms with Gasteiger partial charge in [-0.1, -0.05) is 24.6 Å². The molecule has 1 aromatic carbocycles. The van der Waals surface area contributed by atoms with Gasteiger partial charge in [-0.05, 0) is 24.2 Å². The molecule has 8 heteroatoms. The molecule has 0 aromatic heterocycles. The van der Waals surface area contributed by atoms with Gasteiger partial charge < -0.3 is 4.90 Å². The molecule has 4 amide bonds. The predicted molar refractivity (Wildman–Crippen MR) is 92.5 cm³/mol. The quantitative estimate of drug-likeness (QED) is 0.721. The molecule has 1 aromatic rings. The zero-order chi connectivity index (χ0) is 17.8. The topological polar surface area (TPSA) is 81.8 Å². The van der Waals surface area contributed by atoms with Gasteiger partial charge in [-0.25, -0.2) is 4.79 Å². The van der Waals surface area contributed by atoms with Gasteiger partial charge in [0.2, 0.25) is 11.8 Å². The monoisotopic (exact) mass is 362 g/mol. The van der Waals surface area contributed by atoms with Crippen LogP contribution < -0.4 is 15.5 Å². The molecule has 25 heavy (non-hydrogen) atoms. The van der Waals surface area contributed by atoms with Crippen molar-refractivity contribution in [2.45, 2.75) is 19.4 Å². The first-order valence-electron chi connectivity index (χ1n) is 8.40. The van der Waals surface area contributed by atoms with E-state index in [1.165, 1.54) is 0 Å². The van der Waals surface area contributed by atoms with E-state index in [2.05, 4.69) is 27.4 Å². The Labute approximate surface area is 150 Å². The first-order chi connectivity index (χ1) is 12.0. The number of carbonyl (C=O) groups is 3. The van der Waals surface area contributed by atoms with E-state index in [0.717, 1.165) is 24.3 Å². The lowest BCUT2D eigenvalue weighted by molar-refractivity contribution is -0.147. The van der Waals surface area contributed by atoms with Crippen molar-refractivity contribution >= 4 is 35.1 Å². The summed E-state index contributed by atoms with van der Waals surface area (Å²) in [6.45, 7) is 5.02. The van der Waals surface area contributed by atoms with E-state index in [1.54, 1.807) is 6.07 Å². The van der Waals surface area contributed by atoms with Crippen molar-refractivity contribution in [2.24, 2.45) is 5.41 Å². The molecule has 1 spiro atoms. The Morgan fingerprint density at radius 2 is 1.92 bits per heavy atom. The molecule has 2 saturated heterocycles. The van der Waals surface area contributed by atoms with Crippen molar-refractivity contribution in [2.75, 3.05) is 31.1 Å². The number of benzene rings is 1. The molecule has 7 nitrogen and oxygen atoms in total. The molecule has 0 bridgehead atoms. The summed E-state index contributed by atoms with van der Waals surface area (Å²) in [7, 11) is 0. The number of carbonyl (C=O) groups excluding carboxylic acids is 3.